The molecule has 0 bridgehead atoms. The van der Waals surface area contributed by atoms with E-state index in [9.17, 15) is 4.79 Å². The lowest BCUT2D eigenvalue weighted by Crippen LogP contribution is -2.47. The first-order chi connectivity index (χ1) is 10.1. The SMILES string of the molecule is C[C@H](N[C@@H]1CCCC[C@H]1C)C(=O)Nc1cccc(C#N)c1. The molecule has 1 aromatic carbocycles. The van der Waals surface area contributed by atoms with E-state index < -0.39 is 0 Å². The lowest BCUT2D eigenvalue weighted by atomic mass is 9.85. The summed E-state index contributed by atoms with van der Waals surface area (Å²) in [6.45, 7) is 4.14. The number of nitriles is 1. The highest BCUT2D eigenvalue weighted by Crippen LogP contribution is 2.24. The summed E-state index contributed by atoms with van der Waals surface area (Å²) in [5, 5.41) is 15.2. The van der Waals surface area contributed by atoms with Crippen molar-refractivity contribution < 1.29 is 4.79 Å². The Balaban J connectivity index is 1.91. The molecule has 0 radical (unpaired) electrons. The molecule has 0 aromatic heterocycles. The van der Waals surface area contributed by atoms with Crippen molar-refractivity contribution in [1.82, 2.24) is 5.32 Å². The van der Waals surface area contributed by atoms with Gasteiger partial charge < -0.3 is 10.6 Å². The number of hydrogen-bond acceptors (Lipinski definition) is 3. The van der Waals surface area contributed by atoms with E-state index in [1.807, 2.05) is 6.92 Å². The lowest BCUT2D eigenvalue weighted by Gasteiger charge is -2.31. The molecule has 21 heavy (non-hydrogen) atoms. The molecule has 1 saturated carbocycles. The molecule has 1 amide bonds. The van der Waals surface area contributed by atoms with Gasteiger partial charge in [0.15, 0.2) is 0 Å². The molecule has 2 N–H and O–H groups in total. The minimum atomic E-state index is -0.235. The molecule has 1 aromatic rings. The molecule has 0 aliphatic heterocycles. The Morgan fingerprint density at radius 3 is 2.86 bits per heavy atom. The molecule has 1 aliphatic rings. The molecule has 0 spiro atoms. The van der Waals surface area contributed by atoms with E-state index in [1.165, 1.54) is 19.3 Å². The first kappa shape index (κ1) is 15.5. The van der Waals surface area contributed by atoms with Gasteiger partial charge in [0.05, 0.1) is 17.7 Å². The van der Waals surface area contributed by atoms with Crippen molar-refractivity contribution in [2.24, 2.45) is 5.92 Å². The molecule has 3 atom stereocenters. The van der Waals surface area contributed by atoms with Crippen LogP contribution in [0.3, 0.4) is 0 Å². The van der Waals surface area contributed by atoms with Gasteiger partial charge in [-0.05, 0) is 43.9 Å². The van der Waals surface area contributed by atoms with Crippen molar-refractivity contribution in [2.45, 2.75) is 51.6 Å². The molecule has 0 heterocycles. The fourth-order valence-corrected chi connectivity index (χ4v) is 2.88. The molecule has 2 rings (SSSR count). The van der Waals surface area contributed by atoms with Gasteiger partial charge in [0.25, 0.3) is 0 Å². The van der Waals surface area contributed by atoms with E-state index >= 15 is 0 Å². The maximum Gasteiger partial charge on any atom is 0.241 e. The number of anilines is 1. The van der Waals surface area contributed by atoms with Gasteiger partial charge in [-0.15, -0.1) is 0 Å². The summed E-state index contributed by atoms with van der Waals surface area (Å²) in [4.78, 5) is 12.2. The first-order valence-electron chi connectivity index (χ1n) is 7.67. The van der Waals surface area contributed by atoms with E-state index in [4.69, 9.17) is 5.26 Å². The average Bonchev–Trinajstić information content (AvgIpc) is 2.49. The number of carbonyl (C=O) groups excluding carboxylic acids is 1. The van der Waals surface area contributed by atoms with Crippen LogP contribution in [-0.2, 0) is 4.79 Å². The van der Waals surface area contributed by atoms with Crippen LogP contribution in [0.5, 0.6) is 0 Å². The number of nitrogens with one attached hydrogen (secondary N) is 2. The van der Waals surface area contributed by atoms with Crippen LogP contribution in [0.4, 0.5) is 5.69 Å². The van der Waals surface area contributed by atoms with Crippen LogP contribution >= 0.6 is 0 Å². The van der Waals surface area contributed by atoms with Crippen LogP contribution in [-0.4, -0.2) is 18.0 Å². The molecule has 4 heteroatoms. The van der Waals surface area contributed by atoms with Gasteiger partial charge in [0, 0.05) is 11.7 Å². The third-order valence-corrected chi connectivity index (χ3v) is 4.23. The minimum absolute atomic E-state index is 0.0529. The fourth-order valence-electron chi connectivity index (χ4n) is 2.88. The van der Waals surface area contributed by atoms with E-state index in [0.717, 1.165) is 6.42 Å². The number of carbonyl (C=O) groups is 1. The van der Waals surface area contributed by atoms with Crippen molar-refractivity contribution in [1.29, 1.82) is 5.26 Å². The highest BCUT2D eigenvalue weighted by Gasteiger charge is 2.24. The molecule has 0 unspecified atom stereocenters. The molecule has 0 saturated heterocycles. The van der Waals surface area contributed by atoms with Gasteiger partial charge in [-0.3, -0.25) is 4.79 Å². The number of rotatable bonds is 4. The van der Waals surface area contributed by atoms with E-state index in [2.05, 4.69) is 23.6 Å². The van der Waals surface area contributed by atoms with Crippen molar-refractivity contribution in [2.75, 3.05) is 5.32 Å². The lowest BCUT2D eigenvalue weighted by molar-refractivity contribution is -0.118. The molecular weight excluding hydrogens is 262 g/mol. The second-order valence-corrected chi connectivity index (χ2v) is 5.94. The third-order valence-electron chi connectivity index (χ3n) is 4.23. The predicted octanol–water partition coefficient (Wildman–Crippen LogP) is 3.05. The van der Waals surface area contributed by atoms with Crippen molar-refractivity contribution in [3.8, 4) is 6.07 Å². The molecular formula is C17H23N3O. The summed E-state index contributed by atoms with van der Waals surface area (Å²) in [6.07, 6.45) is 4.90. The second-order valence-electron chi connectivity index (χ2n) is 5.94. The van der Waals surface area contributed by atoms with Crippen LogP contribution < -0.4 is 10.6 Å². The highest BCUT2D eigenvalue weighted by molar-refractivity contribution is 5.94. The smallest absolute Gasteiger partial charge is 0.241 e. The van der Waals surface area contributed by atoms with Crippen LogP contribution in [0.2, 0.25) is 0 Å². The quantitative estimate of drug-likeness (QED) is 0.893. The van der Waals surface area contributed by atoms with Gasteiger partial charge in [-0.2, -0.15) is 5.26 Å². The van der Waals surface area contributed by atoms with Gasteiger partial charge in [0.2, 0.25) is 5.91 Å². The fraction of sp³-hybridized carbons (Fsp3) is 0.529. The molecule has 1 aliphatic carbocycles. The van der Waals surface area contributed by atoms with E-state index in [0.29, 0.717) is 23.2 Å². The standard InChI is InChI=1S/C17H23N3O/c1-12-6-3-4-9-16(12)19-13(2)17(21)20-15-8-5-7-14(10-15)11-18/h5,7-8,10,12-13,16,19H,3-4,6,9H2,1-2H3,(H,20,21)/t12-,13+,16-/m1/s1. The predicted molar refractivity (Wildman–Crippen MR) is 83.8 cm³/mol. The zero-order chi connectivity index (χ0) is 15.2. The maximum absolute atomic E-state index is 12.2. The van der Waals surface area contributed by atoms with E-state index in [-0.39, 0.29) is 11.9 Å². The van der Waals surface area contributed by atoms with Crippen molar-refractivity contribution in [3.05, 3.63) is 29.8 Å². The molecule has 112 valence electrons. The third kappa shape index (κ3) is 4.30. The number of amides is 1. The Morgan fingerprint density at radius 2 is 2.14 bits per heavy atom. The minimum Gasteiger partial charge on any atom is -0.325 e. The van der Waals surface area contributed by atoms with Crippen LogP contribution in [0.1, 0.15) is 45.1 Å². The zero-order valence-electron chi connectivity index (χ0n) is 12.7. The normalized spacial score (nSPS) is 23.1. The van der Waals surface area contributed by atoms with Gasteiger partial charge in [-0.25, -0.2) is 0 Å². The number of benzene rings is 1. The van der Waals surface area contributed by atoms with Crippen LogP contribution in [0, 0.1) is 17.2 Å². The van der Waals surface area contributed by atoms with E-state index in [1.54, 1.807) is 24.3 Å². The molecule has 1 fully saturated rings. The number of nitrogens with zero attached hydrogens (tertiary/aromatic N) is 1. The summed E-state index contributed by atoms with van der Waals surface area (Å²) in [7, 11) is 0. The van der Waals surface area contributed by atoms with Gasteiger partial charge >= 0.3 is 0 Å². The number of hydrogen-bond donors (Lipinski definition) is 2. The van der Waals surface area contributed by atoms with Crippen LogP contribution in [0.25, 0.3) is 0 Å². The zero-order valence-corrected chi connectivity index (χ0v) is 12.7. The average molecular weight is 285 g/mol. The largest absolute Gasteiger partial charge is 0.325 e. The highest BCUT2D eigenvalue weighted by atomic mass is 16.2. The summed E-state index contributed by atoms with van der Waals surface area (Å²) in [6, 6.07) is 9.25. The van der Waals surface area contributed by atoms with Crippen molar-refractivity contribution >= 4 is 11.6 Å². The Labute approximate surface area is 126 Å². The summed E-state index contributed by atoms with van der Waals surface area (Å²) >= 11 is 0. The van der Waals surface area contributed by atoms with Gasteiger partial charge in [0.1, 0.15) is 0 Å². The topological polar surface area (TPSA) is 64.9 Å². The summed E-state index contributed by atoms with van der Waals surface area (Å²) < 4.78 is 0. The summed E-state index contributed by atoms with van der Waals surface area (Å²) in [5.74, 6) is 0.568. The molecule has 4 nitrogen and oxygen atoms in total. The monoisotopic (exact) mass is 285 g/mol. The Hall–Kier alpha value is -1.86. The van der Waals surface area contributed by atoms with Crippen LogP contribution in [0.15, 0.2) is 24.3 Å². The van der Waals surface area contributed by atoms with Crippen molar-refractivity contribution in [3.63, 3.8) is 0 Å². The summed E-state index contributed by atoms with van der Waals surface area (Å²) in [5.41, 5.74) is 1.22. The Bertz CT molecular complexity index is 535. The first-order valence-corrected chi connectivity index (χ1v) is 7.67. The second kappa shape index (κ2) is 7.24. The Kier molecular flexibility index (Phi) is 5.35. The van der Waals surface area contributed by atoms with Gasteiger partial charge in [-0.1, -0.05) is 25.8 Å². The Morgan fingerprint density at radius 1 is 1.38 bits per heavy atom. The maximum atomic E-state index is 12.2.